The predicted molar refractivity (Wildman–Crippen MR) is 87.8 cm³/mol. The lowest BCUT2D eigenvalue weighted by molar-refractivity contribution is 0.0981. The van der Waals surface area contributed by atoms with Gasteiger partial charge in [-0.25, -0.2) is 0 Å². The second-order valence-electron chi connectivity index (χ2n) is 5.12. The number of Topliss-reactive ketones (excluding diaryl/α,β-unsaturated/α-hetero) is 1. The summed E-state index contributed by atoms with van der Waals surface area (Å²) >= 11 is 3.66. The highest BCUT2D eigenvalue weighted by Gasteiger charge is 2.15. The molecule has 0 unspecified atom stereocenters. The van der Waals surface area contributed by atoms with Crippen LogP contribution >= 0.6 is 15.9 Å². The van der Waals surface area contributed by atoms with Gasteiger partial charge >= 0.3 is 0 Å². The number of hydrogen-bond donors (Lipinski definition) is 0. The molecule has 4 nitrogen and oxygen atoms in total. The number of aromatic nitrogens is 3. The van der Waals surface area contributed by atoms with Crippen LogP contribution in [0, 0.1) is 0 Å². The SMILES string of the molecule is CCCC(=O)c1ccn(Cc2c(Br)c(CC)nn2CC)c1. The molecule has 0 aromatic carbocycles. The van der Waals surface area contributed by atoms with E-state index in [1.807, 2.05) is 30.1 Å². The molecule has 114 valence electrons. The van der Waals surface area contributed by atoms with Crippen LogP contribution in [0.5, 0.6) is 0 Å². The van der Waals surface area contributed by atoms with E-state index in [4.69, 9.17) is 0 Å². The number of hydrogen-bond acceptors (Lipinski definition) is 2. The van der Waals surface area contributed by atoms with Crippen molar-refractivity contribution >= 4 is 21.7 Å². The van der Waals surface area contributed by atoms with Gasteiger partial charge in [-0.3, -0.25) is 9.48 Å². The highest BCUT2D eigenvalue weighted by molar-refractivity contribution is 9.10. The topological polar surface area (TPSA) is 39.8 Å². The van der Waals surface area contributed by atoms with Crippen LogP contribution in [0.4, 0.5) is 0 Å². The third-order valence-corrected chi connectivity index (χ3v) is 4.49. The fraction of sp³-hybridized carbons (Fsp3) is 0.500. The average Bonchev–Trinajstić information content (AvgIpc) is 3.06. The van der Waals surface area contributed by atoms with Crippen molar-refractivity contribution in [2.75, 3.05) is 0 Å². The Hall–Kier alpha value is -1.36. The normalized spacial score (nSPS) is 11.0. The molecular weight excluding hydrogens is 330 g/mol. The number of carbonyl (C=O) groups excluding carboxylic acids is 1. The Morgan fingerprint density at radius 1 is 1.33 bits per heavy atom. The van der Waals surface area contributed by atoms with Gasteiger partial charge in [0.25, 0.3) is 0 Å². The van der Waals surface area contributed by atoms with Crippen molar-refractivity contribution in [1.29, 1.82) is 0 Å². The quantitative estimate of drug-likeness (QED) is 0.705. The lowest BCUT2D eigenvalue weighted by Gasteiger charge is -2.06. The van der Waals surface area contributed by atoms with Crippen LogP contribution in [0.2, 0.25) is 0 Å². The first kappa shape index (κ1) is 16.0. The van der Waals surface area contributed by atoms with Crippen LogP contribution in [0.1, 0.15) is 55.4 Å². The lowest BCUT2D eigenvalue weighted by atomic mass is 10.1. The van der Waals surface area contributed by atoms with Crippen LogP contribution in [0.3, 0.4) is 0 Å². The molecule has 0 atom stereocenters. The van der Waals surface area contributed by atoms with Gasteiger partial charge in [0.15, 0.2) is 5.78 Å². The van der Waals surface area contributed by atoms with Crippen molar-refractivity contribution < 1.29 is 4.79 Å². The van der Waals surface area contributed by atoms with Crippen molar-refractivity contribution in [2.45, 2.75) is 53.1 Å². The maximum absolute atomic E-state index is 11.9. The molecule has 0 aliphatic heterocycles. The molecule has 0 saturated heterocycles. The zero-order chi connectivity index (χ0) is 15.4. The van der Waals surface area contributed by atoms with E-state index in [2.05, 4.69) is 39.4 Å². The minimum atomic E-state index is 0.216. The molecule has 21 heavy (non-hydrogen) atoms. The Labute approximate surface area is 134 Å². The molecule has 0 amide bonds. The molecule has 2 rings (SSSR count). The zero-order valence-corrected chi connectivity index (χ0v) is 14.5. The van der Waals surface area contributed by atoms with Crippen molar-refractivity contribution in [1.82, 2.24) is 14.3 Å². The summed E-state index contributed by atoms with van der Waals surface area (Å²) in [5, 5.41) is 4.60. The van der Waals surface area contributed by atoms with Crippen molar-refractivity contribution in [3.05, 3.63) is 39.9 Å². The van der Waals surface area contributed by atoms with Crippen LogP contribution in [0.15, 0.2) is 22.9 Å². The standard InChI is InChI=1S/C16H22BrN3O/c1-4-7-15(21)12-8-9-19(10-12)11-14-16(17)13(5-2)18-20(14)6-3/h8-10H,4-7,11H2,1-3H3. The van der Waals surface area contributed by atoms with Crippen molar-refractivity contribution in [3.63, 3.8) is 0 Å². The highest BCUT2D eigenvalue weighted by Crippen LogP contribution is 2.23. The van der Waals surface area contributed by atoms with Gasteiger partial charge in [-0.1, -0.05) is 13.8 Å². The molecule has 0 spiro atoms. The van der Waals surface area contributed by atoms with E-state index >= 15 is 0 Å². The predicted octanol–water partition coefficient (Wildman–Crippen LogP) is 4.06. The molecule has 0 fully saturated rings. The number of ketones is 1. The Morgan fingerprint density at radius 2 is 2.10 bits per heavy atom. The van der Waals surface area contributed by atoms with Crippen LogP contribution in [-0.4, -0.2) is 20.1 Å². The van der Waals surface area contributed by atoms with Gasteiger partial charge in [0.1, 0.15) is 0 Å². The van der Waals surface area contributed by atoms with E-state index in [9.17, 15) is 4.79 Å². The van der Waals surface area contributed by atoms with Crippen LogP contribution in [-0.2, 0) is 19.5 Å². The Kier molecular flexibility index (Phi) is 5.39. The van der Waals surface area contributed by atoms with Gasteiger partial charge in [0.05, 0.1) is 22.4 Å². The van der Waals surface area contributed by atoms with Gasteiger partial charge in [0.2, 0.25) is 0 Å². The summed E-state index contributed by atoms with van der Waals surface area (Å²) < 4.78 is 5.16. The molecule has 2 aromatic heterocycles. The minimum Gasteiger partial charge on any atom is -0.348 e. The maximum atomic E-state index is 11.9. The van der Waals surface area contributed by atoms with E-state index in [0.29, 0.717) is 6.42 Å². The van der Waals surface area contributed by atoms with Gasteiger partial charge in [-0.2, -0.15) is 5.10 Å². The van der Waals surface area contributed by atoms with E-state index < -0.39 is 0 Å². The number of halogens is 1. The van der Waals surface area contributed by atoms with E-state index in [0.717, 1.165) is 47.4 Å². The Balaban J connectivity index is 2.22. The van der Waals surface area contributed by atoms with Crippen LogP contribution < -0.4 is 0 Å². The first-order valence-electron chi connectivity index (χ1n) is 7.53. The fourth-order valence-electron chi connectivity index (χ4n) is 2.42. The molecular formula is C16H22BrN3O. The van der Waals surface area contributed by atoms with E-state index in [1.54, 1.807) is 0 Å². The summed E-state index contributed by atoms with van der Waals surface area (Å²) in [7, 11) is 0. The third kappa shape index (κ3) is 3.46. The second-order valence-corrected chi connectivity index (χ2v) is 5.92. The largest absolute Gasteiger partial charge is 0.348 e. The van der Waals surface area contributed by atoms with Gasteiger partial charge in [-0.15, -0.1) is 0 Å². The molecule has 2 aromatic rings. The first-order valence-corrected chi connectivity index (χ1v) is 8.32. The summed E-state index contributed by atoms with van der Waals surface area (Å²) in [6.07, 6.45) is 6.31. The van der Waals surface area contributed by atoms with Gasteiger partial charge in [0, 0.05) is 30.9 Å². The summed E-state index contributed by atoms with van der Waals surface area (Å²) in [5.74, 6) is 0.216. The van der Waals surface area contributed by atoms with Crippen molar-refractivity contribution in [2.24, 2.45) is 0 Å². The van der Waals surface area contributed by atoms with Gasteiger partial charge in [-0.05, 0) is 41.8 Å². The van der Waals surface area contributed by atoms with E-state index in [-0.39, 0.29) is 5.78 Å². The summed E-state index contributed by atoms with van der Waals surface area (Å²) in [6.45, 7) is 7.79. The maximum Gasteiger partial charge on any atom is 0.164 e. The molecule has 0 N–H and O–H groups in total. The molecule has 2 heterocycles. The molecule has 5 heteroatoms. The average molecular weight is 352 g/mol. The number of nitrogens with zero attached hydrogens (tertiary/aromatic N) is 3. The summed E-state index contributed by atoms with van der Waals surface area (Å²) in [6, 6.07) is 1.90. The molecule has 0 radical (unpaired) electrons. The fourth-order valence-corrected chi connectivity index (χ4v) is 3.11. The lowest BCUT2D eigenvalue weighted by Crippen LogP contribution is -2.07. The van der Waals surface area contributed by atoms with Crippen LogP contribution in [0.25, 0.3) is 0 Å². The van der Waals surface area contributed by atoms with E-state index in [1.165, 1.54) is 0 Å². The number of carbonyl (C=O) groups is 1. The zero-order valence-electron chi connectivity index (χ0n) is 12.9. The number of rotatable bonds is 7. The van der Waals surface area contributed by atoms with Gasteiger partial charge < -0.3 is 4.57 Å². The minimum absolute atomic E-state index is 0.216. The molecule has 0 aliphatic rings. The molecule has 0 bridgehead atoms. The molecule has 0 saturated carbocycles. The highest BCUT2D eigenvalue weighted by atomic mass is 79.9. The monoisotopic (exact) mass is 351 g/mol. The first-order chi connectivity index (χ1) is 10.1. The second kappa shape index (κ2) is 7.07. The third-order valence-electron chi connectivity index (χ3n) is 3.58. The number of aryl methyl sites for hydroxylation is 2. The summed E-state index contributed by atoms with van der Waals surface area (Å²) in [5.41, 5.74) is 3.03. The smallest absolute Gasteiger partial charge is 0.164 e. The Bertz CT molecular complexity index is 628. The van der Waals surface area contributed by atoms with Crippen molar-refractivity contribution in [3.8, 4) is 0 Å². The Morgan fingerprint density at radius 3 is 2.71 bits per heavy atom. The summed E-state index contributed by atoms with van der Waals surface area (Å²) in [4.78, 5) is 11.9. The molecule has 0 aliphatic carbocycles.